The van der Waals surface area contributed by atoms with Crippen LogP contribution >= 0.6 is 38.5 Å². The first-order valence-electron chi connectivity index (χ1n) is 5.57. The predicted octanol–water partition coefficient (Wildman–Crippen LogP) is 3.87. The molecule has 2 heterocycles. The minimum Gasteiger partial charge on any atom is -0.507 e. The summed E-state index contributed by atoms with van der Waals surface area (Å²) >= 11 is 5.39. The molecule has 2 aromatic heterocycles. The van der Waals surface area contributed by atoms with Crippen molar-refractivity contribution < 1.29 is 9.63 Å². The van der Waals surface area contributed by atoms with Gasteiger partial charge in [0.1, 0.15) is 5.75 Å². The molecule has 20 heavy (non-hydrogen) atoms. The molecule has 100 valence electrons. The van der Waals surface area contributed by atoms with Crippen molar-refractivity contribution in [2.45, 2.75) is 0 Å². The van der Waals surface area contributed by atoms with E-state index in [4.69, 9.17) is 4.52 Å². The maximum atomic E-state index is 9.71. The molecule has 1 aromatic carbocycles. The molecule has 0 aliphatic heterocycles. The Balaban J connectivity index is 1.99. The van der Waals surface area contributed by atoms with Crippen molar-refractivity contribution >= 4 is 38.5 Å². The average molecular weight is 444 g/mol. The minimum atomic E-state index is 0.187. The number of hydrogen-bond acceptors (Lipinski definition) is 5. The highest BCUT2D eigenvalue weighted by Gasteiger charge is 2.12. The van der Waals surface area contributed by atoms with Crippen molar-refractivity contribution in [3.63, 3.8) is 0 Å². The number of benzene rings is 1. The fourth-order valence-electron chi connectivity index (χ4n) is 1.64. The van der Waals surface area contributed by atoms with Crippen LogP contribution in [0.5, 0.6) is 5.75 Å². The molecular formula is C13H7BrIN3O2. The van der Waals surface area contributed by atoms with Crippen LogP contribution in [0.25, 0.3) is 22.8 Å². The molecule has 0 saturated heterocycles. The smallest absolute Gasteiger partial charge is 0.258 e. The Morgan fingerprint density at radius 2 is 2.00 bits per heavy atom. The zero-order valence-corrected chi connectivity index (χ0v) is 13.7. The van der Waals surface area contributed by atoms with Gasteiger partial charge in [-0.05, 0) is 62.8 Å². The Morgan fingerprint density at radius 3 is 2.75 bits per heavy atom. The molecule has 0 spiro atoms. The Bertz CT molecular complexity index is 776. The van der Waals surface area contributed by atoms with Gasteiger partial charge < -0.3 is 9.63 Å². The van der Waals surface area contributed by atoms with E-state index in [9.17, 15) is 5.11 Å². The summed E-state index contributed by atoms with van der Waals surface area (Å²) in [7, 11) is 0. The third kappa shape index (κ3) is 2.68. The van der Waals surface area contributed by atoms with Crippen LogP contribution in [-0.2, 0) is 0 Å². The van der Waals surface area contributed by atoms with Gasteiger partial charge in [-0.1, -0.05) is 5.16 Å². The molecule has 1 N–H and O–H groups in total. The minimum absolute atomic E-state index is 0.187. The molecule has 0 amide bonds. The van der Waals surface area contributed by atoms with Crippen LogP contribution in [0.1, 0.15) is 0 Å². The van der Waals surface area contributed by atoms with Crippen LogP contribution in [0, 0.1) is 3.57 Å². The third-order valence-corrected chi connectivity index (χ3v) is 3.93. The van der Waals surface area contributed by atoms with Gasteiger partial charge in [0.2, 0.25) is 5.82 Å². The molecule has 0 unspecified atom stereocenters. The molecular weight excluding hydrogens is 437 g/mol. The monoisotopic (exact) mass is 443 g/mol. The maximum absolute atomic E-state index is 9.71. The van der Waals surface area contributed by atoms with E-state index >= 15 is 0 Å². The van der Waals surface area contributed by atoms with Gasteiger partial charge in [-0.2, -0.15) is 4.98 Å². The molecule has 7 heteroatoms. The Labute approximate surface area is 136 Å². The summed E-state index contributed by atoms with van der Waals surface area (Å²) in [5.41, 5.74) is 1.42. The lowest BCUT2D eigenvalue weighted by Gasteiger charge is -1.98. The number of phenols is 1. The second-order valence-electron chi connectivity index (χ2n) is 3.98. The van der Waals surface area contributed by atoms with E-state index in [1.54, 1.807) is 24.5 Å². The summed E-state index contributed by atoms with van der Waals surface area (Å²) < 4.78 is 6.83. The number of nitrogens with zero attached hydrogens (tertiary/aromatic N) is 3. The molecule has 0 aliphatic rings. The van der Waals surface area contributed by atoms with E-state index in [1.165, 1.54) is 0 Å². The number of aromatic nitrogens is 3. The van der Waals surface area contributed by atoms with Gasteiger partial charge in [0, 0.05) is 28.0 Å². The number of phenolic OH excluding ortho intramolecular Hbond substituents is 1. The van der Waals surface area contributed by atoms with E-state index < -0.39 is 0 Å². The van der Waals surface area contributed by atoms with Crippen molar-refractivity contribution in [3.8, 4) is 28.6 Å². The van der Waals surface area contributed by atoms with E-state index in [0.717, 1.165) is 13.6 Å². The summed E-state index contributed by atoms with van der Waals surface area (Å²) in [4.78, 5) is 8.37. The summed E-state index contributed by atoms with van der Waals surface area (Å²) in [6.45, 7) is 0. The summed E-state index contributed by atoms with van der Waals surface area (Å²) in [5.74, 6) is 0.991. The maximum Gasteiger partial charge on any atom is 0.258 e. The van der Waals surface area contributed by atoms with Gasteiger partial charge in [0.05, 0.1) is 3.57 Å². The fourth-order valence-corrected chi connectivity index (χ4v) is 2.34. The fraction of sp³-hybridized carbons (Fsp3) is 0. The first-order chi connectivity index (χ1) is 9.63. The number of aromatic hydroxyl groups is 1. The highest BCUT2D eigenvalue weighted by molar-refractivity contribution is 14.1. The lowest BCUT2D eigenvalue weighted by molar-refractivity contribution is 0.431. The number of halogens is 2. The van der Waals surface area contributed by atoms with Crippen LogP contribution in [-0.4, -0.2) is 20.2 Å². The van der Waals surface area contributed by atoms with E-state index in [0.29, 0.717) is 17.3 Å². The zero-order valence-electron chi connectivity index (χ0n) is 9.92. The SMILES string of the molecule is Oc1cc(-c2nc(-c3cncc(Br)c3)no2)ccc1I. The second-order valence-corrected chi connectivity index (χ2v) is 6.06. The second kappa shape index (κ2) is 5.49. The van der Waals surface area contributed by atoms with Gasteiger partial charge in [0.15, 0.2) is 0 Å². The van der Waals surface area contributed by atoms with Gasteiger partial charge in [0.25, 0.3) is 5.89 Å². The van der Waals surface area contributed by atoms with Crippen LogP contribution in [0.4, 0.5) is 0 Å². The van der Waals surface area contributed by atoms with Crippen molar-refractivity contribution in [1.82, 2.24) is 15.1 Å². The van der Waals surface area contributed by atoms with Gasteiger partial charge >= 0.3 is 0 Å². The average Bonchev–Trinajstić information content (AvgIpc) is 2.92. The molecule has 5 nitrogen and oxygen atoms in total. The lowest BCUT2D eigenvalue weighted by atomic mass is 10.2. The molecule has 3 aromatic rings. The van der Waals surface area contributed by atoms with Gasteiger partial charge in [-0.3, -0.25) is 4.98 Å². The van der Waals surface area contributed by atoms with Crippen molar-refractivity contribution in [2.75, 3.05) is 0 Å². The summed E-state index contributed by atoms with van der Waals surface area (Å²) in [6.07, 6.45) is 3.34. The number of hydrogen-bond donors (Lipinski definition) is 1. The third-order valence-electron chi connectivity index (χ3n) is 2.58. The van der Waals surface area contributed by atoms with Gasteiger partial charge in [-0.25, -0.2) is 0 Å². The van der Waals surface area contributed by atoms with E-state index in [1.807, 2.05) is 34.7 Å². The molecule has 0 bridgehead atoms. The molecule has 3 rings (SSSR count). The van der Waals surface area contributed by atoms with Crippen molar-refractivity contribution in [1.29, 1.82) is 0 Å². The lowest BCUT2D eigenvalue weighted by Crippen LogP contribution is -1.83. The Hall–Kier alpha value is -1.48. The van der Waals surface area contributed by atoms with Crippen LogP contribution in [0.15, 0.2) is 45.7 Å². The van der Waals surface area contributed by atoms with Crippen molar-refractivity contribution in [2.24, 2.45) is 0 Å². The first-order valence-corrected chi connectivity index (χ1v) is 7.44. The van der Waals surface area contributed by atoms with Crippen LogP contribution in [0.3, 0.4) is 0 Å². The summed E-state index contributed by atoms with van der Waals surface area (Å²) in [6, 6.07) is 7.05. The van der Waals surface area contributed by atoms with E-state index in [2.05, 4.69) is 31.1 Å². The van der Waals surface area contributed by atoms with Crippen molar-refractivity contribution in [3.05, 3.63) is 44.7 Å². The number of pyridine rings is 1. The Kier molecular flexibility index (Phi) is 3.70. The molecule has 0 atom stereocenters. The topological polar surface area (TPSA) is 72.0 Å². The summed E-state index contributed by atoms with van der Waals surface area (Å²) in [5, 5.41) is 13.6. The molecule has 0 aliphatic carbocycles. The highest BCUT2D eigenvalue weighted by atomic mass is 127. The first kappa shape index (κ1) is 13.5. The molecule has 0 saturated carbocycles. The molecule has 0 fully saturated rings. The largest absolute Gasteiger partial charge is 0.507 e. The predicted molar refractivity (Wildman–Crippen MR) is 85.0 cm³/mol. The molecule has 0 radical (unpaired) electrons. The van der Waals surface area contributed by atoms with Gasteiger partial charge in [-0.15, -0.1) is 0 Å². The number of rotatable bonds is 2. The quantitative estimate of drug-likeness (QED) is 0.608. The highest BCUT2D eigenvalue weighted by Crippen LogP contribution is 2.28. The van der Waals surface area contributed by atoms with Crippen LogP contribution in [0.2, 0.25) is 0 Å². The standard InChI is InChI=1S/C13H7BrIN3O2/c14-9-3-8(5-16-6-9)12-17-13(20-18-12)7-1-2-10(15)11(19)4-7/h1-6,19H. The zero-order chi connectivity index (χ0) is 14.1. The van der Waals surface area contributed by atoms with Crippen LogP contribution < -0.4 is 0 Å². The Morgan fingerprint density at radius 1 is 1.15 bits per heavy atom. The van der Waals surface area contributed by atoms with E-state index in [-0.39, 0.29) is 5.75 Å². The normalized spacial score (nSPS) is 10.7.